The van der Waals surface area contributed by atoms with Gasteiger partial charge in [-0.1, -0.05) is 34.4 Å². The van der Waals surface area contributed by atoms with Crippen LogP contribution in [0.2, 0.25) is 10.0 Å². The average molecular weight is 312 g/mol. The molecule has 0 aliphatic carbocycles. The quantitative estimate of drug-likeness (QED) is 0.923. The molecule has 20 heavy (non-hydrogen) atoms. The Hall–Kier alpha value is -1.79. The summed E-state index contributed by atoms with van der Waals surface area (Å²) in [5.41, 5.74) is 0.609. The van der Waals surface area contributed by atoms with Gasteiger partial charge in [0.1, 0.15) is 0 Å². The van der Waals surface area contributed by atoms with Crippen LogP contribution in [-0.4, -0.2) is 29.2 Å². The fourth-order valence-corrected chi connectivity index (χ4v) is 2.36. The van der Waals surface area contributed by atoms with Crippen LogP contribution in [0.4, 0.5) is 11.7 Å². The summed E-state index contributed by atoms with van der Waals surface area (Å²) in [7, 11) is 0. The van der Waals surface area contributed by atoms with Gasteiger partial charge in [0, 0.05) is 6.92 Å². The Bertz CT molecular complexity index is 649. The van der Waals surface area contributed by atoms with Crippen molar-refractivity contribution in [3.8, 4) is 0 Å². The summed E-state index contributed by atoms with van der Waals surface area (Å²) in [6, 6.07) is 5.69. The van der Waals surface area contributed by atoms with Crippen molar-refractivity contribution in [2.75, 3.05) is 23.3 Å². The molecule has 2 heterocycles. The van der Waals surface area contributed by atoms with E-state index in [0.29, 0.717) is 46.7 Å². The number of nitrogens with one attached hydrogen (secondary N) is 1. The third-order valence-corrected chi connectivity index (χ3v) is 3.42. The number of halogens is 2. The number of para-hydroxylation sites is 1. The second kappa shape index (κ2) is 5.30. The minimum atomic E-state index is 0.398. The van der Waals surface area contributed by atoms with Gasteiger partial charge in [-0.25, -0.2) is 0 Å². The zero-order valence-electron chi connectivity index (χ0n) is 10.6. The van der Waals surface area contributed by atoms with Gasteiger partial charge >= 0.3 is 6.01 Å². The Morgan fingerprint density at radius 3 is 2.65 bits per heavy atom. The maximum atomic E-state index is 6.13. The molecule has 0 amide bonds. The first-order valence-electron chi connectivity index (χ1n) is 5.98. The highest BCUT2D eigenvalue weighted by atomic mass is 35.5. The topological polar surface area (TPSA) is 66.6 Å². The van der Waals surface area contributed by atoms with Gasteiger partial charge in [0.05, 0.1) is 28.8 Å². The van der Waals surface area contributed by atoms with Crippen LogP contribution in [-0.2, 0) is 0 Å². The number of aryl methyl sites for hydroxylation is 1. The van der Waals surface area contributed by atoms with Crippen molar-refractivity contribution in [1.29, 1.82) is 0 Å². The van der Waals surface area contributed by atoms with Gasteiger partial charge in [0.15, 0.2) is 0 Å². The SMILES string of the molecule is Cc1nnc(N2CCN=C2Nc2c(Cl)cccc2Cl)o1. The van der Waals surface area contributed by atoms with E-state index in [1.165, 1.54) is 0 Å². The fourth-order valence-electron chi connectivity index (χ4n) is 1.86. The summed E-state index contributed by atoms with van der Waals surface area (Å²) in [6.45, 7) is 3.03. The van der Waals surface area contributed by atoms with E-state index in [9.17, 15) is 0 Å². The van der Waals surface area contributed by atoms with E-state index >= 15 is 0 Å². The average Bonchev–Trinajstić information content (AvgIpc) is 3.02. The van der Waals surface area contributed by atoms with Crippen molar-refractivity contribution in [2.45, 2.75) is 6.92 Å². The van der Waals surface area contributed by atoms with Gasteiger partial charge < -0.3 is 9.73 Å². The predicted octanol–water partition coefficient (Wildman–Crippen LogP) is 2.97. The Morgan fingerprint density at radius 2 is 2.00 bits per heavy atom. The molecule has 6 nitrogen and oxygen atoms in total. The monoisotopic (exact) mass is 311 g/mol. The standard InChI is InChI=1S/C12H11Cl2N5O/c1-7-17-18-12(20-7)19-6-5-15-11(19)16-10-8(13)3-2-4-9(10)14/h2-4H,5-6H2,1H3,(H,15,16). The lowest BCUT2D eigenvalue weighted by Crippen LogP contribution is -2.33. The van der Waals surface area contributed by atoms with Crippen LogP contribution in [0.5, 0.6) is 0 Å². The molecule has 1 aromatic heterocycles. The molecular weight excluding hydrogens is 301 g/mol. The highest BCUT2D eigenvalue weighted by Gasteiger charge is 2.24. The fraction of sp³-hybridized carbons (Fsp3) is 0.250. The molecule has 0 saturated heterocycles. The normalized spacial score (nSPS) is 14.6. The summed E-state index contributed by atoms with van der Waals surface area (Å²) < 4.78 is 5.41. The van der Waals surface area contributed by atoms with Crippen molar-refractivity contribution < 1.29 is 4.42 Å². The zero-order valence-corrected chi connectivity index (χ0v) is 12.1. The van der Waals surface area contributed by atoms with E-state index in [1.54, 1.807) is 30.0 Å². The molecule has 1 aliphatic heterocycles. The summed E-state index contributed by atoms with van der Waals surface area (Å²) >= 11 is 12.3. The van der Waals surface area contributed by atoms with Crippen LogP contribution in [0, 0.1) is 6.92 Å². The third-order valence-electron chi connectivity index (χ3n) is 2.79. The molecule has 8 heteroatoms. The minimum absolute atomic E-state index is 0.398. The van der Waals surface area contributed by atoms with Crippen LogP contribution in [0.15, 0.2) is 27.6 Å². The van der Waals surface area contributed by atoms with E-state index in [2.05, 4.69) is 20.5 Å². The number of hydrogen-bond donors (Lipinski definition) is 1. The van der Waals surface area contributed by atoms with E-state index in [1.807, 2.05) is 0 Å². The lowest BCUT2D eigenvalue weighted by Gasteiger charge is -2.17. The van der Waals surface area contributed by atoms with Gasteiger partial charge in [-0.05, 0) is 12.1 Å². The number of benzene rings is 1. The molecule has 1 aromatic carbocycles. The summed E-state index contributed by atoms with van der Waals surface area (Å²) in [5, 5.41) is 12.0. The largest absolute Gasteiger partial charge is 0.408 e. The number of guanidine groups is 1. The maximum absolute atomic E-state index is 6.13. The van der Waals surface area contributed by atoms with Gasteiger partial charge in [-0.3, -0.25) is 9.89 Å². The molecule has 1 aliphatic rings. The first-order chi connectivity index (χ1) is 9.65. The molecule has 0 saturated carbocycles. The minimum Gasteiger partial charge on any atom is -0.408 e. The Labute approximate surface area is 125 Å². The number of rotatable bonds is 2. The predicted molar refractivity (Wildman–Crippen MR) is 78.8 cm³/mol. The van der Waals surface area contributed by atoms with E-state index in [4.69, 9.17) is 27.6 Å². The summed E-state index contributed by atoms with van der Waals surface area (Å²) in [5.74, 6) is 1.09. The maximum Gasteiger partial charge on any atom is 0.325 e. The first-order valence-corrected chi connectivity index (χ1v) is 6.74. The Morgan fingerprint density at radius 1 is 1.25 bits per heavy atom. The molecule has 0 fully saturated rings. The summed E-state index contributed by atoms with van der Waals surface area (Å²) in [6.07, 6.45) is 0. The second-order valence-corrected chi connectivity index (χ2v) is 5.00. The van der Waals surface area contributed by atoms with Crippen molar-refractivity contribution in [2.24, 2.45) is 4.99 Å². The van der Waals surface area contributed by atoms with Crippen molar-refractivity contribution in [1.82, 2.24) is 10.2 Å². The first kappa shape index (κ1) is 13.2. The second-order valence-electron chi connectivity index (χ2n) is 4.18. The van der Waals surface area contributed by atoms with Crippen molar-refractivity contribution in [3.05, 3.63) is 34.1 Å². The van der Waals surface area contributed by atoms with E-state index in [0.717, 1.165) is 0 Å². The van der Waals surface area contributed by atoms with Gasteiger partial charge in [0.25, 0.3) is 0 Å². The highest BCUT2D eigenvalue weighted by Crippen LogP contribution is 2.30. The van der Waals surface area contributed by atoms with E-state index in [-0.39, 0.29) is 0 Å². The molecule has 0 spiro atoms. The lowest BCUT2D eigenvalue weighted by molar-refractivity contribution is 0.522. The van der Waals surface area contributed by atoms with Crippen molar-refractivity contribution in [3.63, 3.8) is 0 Å². The van der Waals surface area contributed by atoms with Crippen molar-refractivity contribution >= 4 is 40.9 Å². The number of aliphatic imine (C=N–C) groups is 1. The number of anilines is 2. The van der Waals surface area contributed by atoms with Crippen LogP contribution in [0.25, 0.3) is 0 Å². The molecule has 0 radical (unpaired) electrons. The Kier molecular flexibility index (Phi) is 3.50. The van der Waals surface area contributed by atoms with Crippen LogP contribution in [0.3, 0.4) is 0 Å². The summed E-state index contributed by atoms with van der Waals surface area (Å²) in [4.78, 5) is 6.16. The molecular formula is C12H11Cl2N5O. The number of hydrogen-bond acceptors (Lipinski definition) is 6. The molecule has 3 rings (SSSR count). The number of nitrogens with zero attached hydrogens (tertiary/aromatic N) is 4. The molecule has 0 atom stereocenters. The Balaban J connectivity index is 1.87. The number of aromatic nitrogens is 2. The lowest BCUT2D eigenvalue weighted by atomic mass is 10.3. The van der Waals surface area contributed by atoms with Crippen LogP contribution < -0.4 is 10.2 Å². The van der Waals surface area contributed by atoms with Crippen LogP contribution >= 0.6 is 23.2 Å². The molecule has 0 unspecified atom stereocenters. The molecule has 0 bridgehead atoms. The third kappa shape index (κ3) is 2.44. The van der Waals surface area contributed by atoms with Gasteiger partial charge in [-0.15, -0.1) is 5.10 Å². The van der Waals surface area contributed by atoms with Gasteiger partial charge in [0.2, 0.25) is 11.9 Å². The zero-order chi connectivity index (χ0) is 14.1. The van der Waals surface area contributed by atoms with E-state index < -0.39 is 0 Å². The molecule has 104 valence electrons. The van der Waals surface area contributed by atoms with Gasteiger partial charge in [-0.2, -0.15) is 0 Å². The highest BCUT2D eigenvalue weighted by molar-refractivity contribution is 6.40. The molecule has 1 N–H and O–H groups in total. The smallest absolute Gasteiger partial charge is 0.325 e. The molecule has 2 aromatic rings. The van der Waals surface area contributed by atoms with Crippen LogP contribution in [0.1, 0.15) is 5.89 Å².